The molecule has 0 aliphatic carbocycles. The number of sulfonamides is 3. The molecule has 3 amide bonds. The Morgan fingerprint density at radius 2 is 0.949 bits per heavy atom. The highest BCUT2D eigenvalue weighted by Crippen LogP contribution is 2.40. The molecule has 9 heterocycles. The van der Waals surface area contributed by atoms with Crippen molar-refractivity contribution in [3.8, 4) is 0 Å². The van der Waals surface area contributed by atoms with Gasteiger partial charge in [-0.25, -0.2) is 48.4 Å². The van der Waals surface area contributed by atoms with Crippen LogP contribution in [0, 0.1) is 17.5 Å². The van der Waals surface area contributed by atoms with Crippen LogP contribution in [-0.2, 0) is 57.3 Å². The number of nitrogens with one attached hydrogen (secondary N) is 3. The molecule has 6 aliphatic rings. The Morgan fingerprint density at radius 1 is 0.475 bits per heavy atom. The number of thiazole rings is 2. The van der Waals surface area contributed by atoms with E-state index < -0.39 is 47.5 Å². The van der Waals surface area contributed by atoms with Crippen molar-refractivity contribution in [1.82, 2.24) is 25.1 Å². The SMILES string of the molecule is O=C1[C@@H](N2CCCc3cc(Cl)ccc32)CCN1c1ccc(S(=O)(=O)Nc2nncs2)cc1.O=C1[C@@H](N2CCN(c3ccc(F)c(F)c3)CC2)CCN1c1ccc(S(=O)(=O)Nc2nccs2)cc1.O=C1[C@@H](N2CCc3c2ccc(F)c3Cl)CCN1c1ccc(S(=O)(=O)Nc2nccs2)cc1.[HH].[HH].[HH]. The summed E-state index contributed by atoms with van der Waals surface area (Å²) in [4.78, 5) is 61.1. The zero-order valence-corrected chi connectivity index (χ0v) is 58.6. The Kier molecular flexibility index (Phi) is 20.2. The van der Waals surface area contributed by atoms with Crippen molar-refractivity contribution in [2.24, 2.45) is 0 Å². The number of halogens is 5. The molecule has 6 aliphatic heterocycles. The third kappa shape index (κ3) is 14.9. The van der Waals surface area contributed by atoms with E-state index in [9.17, 15) is 52.8 Å². The molecule has 522 valence electrons. The molecule has 0 unspecified atom stereocenters. The van der Waals surface area contributed by atoms with E-state index in [1.165, 1.54) is 94.7 Å². The fourth-order valence-electron chi connectivity index (χ4n) is 13.0. The van der Waals surface area contributed by atoms with Gasteiger partial charge in [-0.3, -0.25) is 33.4 Å². The number of carbonyl (C=O) groups excluding carboxylic acids is 3. The van der Waals surface area contributed by atoms with Crippen molar-refractivity contribution in [3.05, 3.63) is 189 Å². The molecular formula is C65H67Cl2F3N14O9S6. The summed E-state index contributed by atoms with van der Waals surface area (Å²) in [6.07, 6.45) is 7.54. The maximum absolute atomic E-state index is 13.8. The van der Waals surface area contributed by atoms with Gasteiger partial charge in [0.15, 0.2) is 21.9 Å². The number of aromatic nitrogens is 4. The van der Waals surface area contributed by atoms with Crippen molar-refractivity contribution >= 4 is 155 Å². The number of nitrogens with zero attached hydrogens (tertiary/aromatic N) is 11. The van der Waals surface area contributed by atoms with E-state index in [2.05, 4.69) is 44.1 Å². The second-order valence-electron chi connectivity index (χ2n) is 23.6. The van der Waals surface area contributed by atoms with Gasteiger partial charge in [-0.05, 0) is 165 Å². The van der Waals surface area contributed by atoms with Gasteiger partial charge in [-0.2, -0.15) is 0 Å². The van der Waals surface area contributed by atoms with Crippen LogP contribution < -0.4 is 43.6 Å². The normalized spacial score (nSPS) is 18.8. The first-order chi connectivity index (χ1) is 47.6. The quantitative estimate of drug-likeness (QED) is 0.0812. The number of amides is 3. The van der Waals surface area contributed by atoms with Gasteiger partial charge >= 0.3 is 0 Å². The number of fused-ring (bicyclic) bond motifs is 2. The van der Waals surface area contributed by atoms with Crippen LogP contribution in [-0.4, -0.2) is 145 Å². The minimum atomic E-state index is -3.77. The monoisotopic (exact) mass is 1510 g/mol. The standard InChI is InChI=1S/C23H23F2N5O3S2.C21H18ClFN4O3S2.C21H20ClN5O3S2.3H2/c24-19-6-3-17(15-20(19)25)28-10-12-29(13-11-28)21-7-9-30(22(21)31)16-1-4-18(5-2-16)35(32,33)27-23-26-8-14-34-23;22-19-15-7-10-27(17(15)6-5-16(19)23)18-8-11-26(20(18)28)13-1-3-14(4-2-13)32(29,30)25-21-24-9-12-31-21;22-15-3-8-18-14(12-15)2-1-10-27(18)19-9-11-26(20(19)28)16-4-6-17(7-5-16)32(29,30)25-21-24-23-13-31-21;;;/h1-6,8,14-15,21H,7,9-13H2,(H,26,27);1-6,9,12,18H,7-8,10-11H2,(H,24,25);3-8,12-13,19H,1-2,9-11H2,(H,24,25);3*1H/t21-;18-;19-;;;/m000.../s1. The van der Waals surface area contributed by atoms with Gasteiger partial charge in [0.1, 0.15) is 23.4 Å². The van der Waals surface area contributed by atoms with E-state index >= 15 is 0 Å². The predicted molar refractivity (Wildman–Crippen MR) is 384 cm³/mol. The number of anilines is 9. The van der Waals surface area contributed by atoms with Gasteiger partial charge < -0.3 is 29.4 Å². The number of aryl methyl sites for hydroxylation is 1. The summed E-state index contributed by atoms with van der Waals surface area (Å²) >= 11 is 15.7. The molecule has 9 aromatic rings. The minimum absolute atomic E-state index is 0. The first kappa shape index (κ1) is 69.0. The fraction of sp³-hybridized carbons (Fsp3) is 0.277. The third-order valence-electron chi connectivity index (χ3n) is 17.9. The zero-order valence-electron chi connectivity index (χ0n) is 52.2. The van der Waals surface area contributed by atoms with Gasteiger partial charge in [0, 0.05) is 132 Å². The topological polar surface area (TPSA) is 264 Å². The van der Waals surface area contributed by atoms with Crippen LogP contribution in [0.15, 0.2) is 165 Å². The summed E-state index contributed by atoms with van der Waals surface area (Å²) in [5.74, 6) is -2.27. The van der Waals surface area contributed by atoms with E-state index in [1.54, 1.807) is 74.0 Å². The molecular weight excluding hydrogens is 1440 g/mol. The number of carbonyl (C=O) groups is 3. The first-order valence-electron chi connectivity index (χ1n) is 31.2. The average molecular weight is 1510 g/mol. The summed E-state index contributed by atoms with van der Waals surface area (Å²) in [6, 6.07) is 30.6. The van der Waals surface area contributed by atoms with Crippen LogP contribution in [0.4, 0.5) is 62.7 Å². The molecule has 4 saturated heterocycles. The van der Waals surface area contributed by atoms with Crippen LogP contribution in [0.1, 0.15) is 41.1 Å². The second kappa shape index (κ2) is 29.0. The van der Waals surface area contributed by atoms with Crippen molar-refractivity contribution in [2.45, 2.75) is 71.3 Å². The van der Waals surface area contributed by atoms with Crippen LogP contribution in [0.2, 0.25) is 10.0 Å². The predicted octanol–water partition coefficient (Wildman–Crippen LogP) is 11.3. The lowest BCUT2D eigenvalue weighted by molar-refractivity contribution is -0.122. The van der Waals surface area contributed by atoms with Crippen molar-refractivity contribution < 1.29 is 57.1 Å². The summed E-state index contributed by atoms with van der Waals surface area (Å²) in [5.41, 5.74) is 7.81. The van der Waals surface area contributed by atoms with Crippen molar-refractivity contribution in [3.63, 3.8) is 0 Å². The van der Waals surface area contributed by atoms with Gasteiger partial charge in [-0.15, -0.1) is 32.9 Å². The molecule has 0 spiro atoms. The van der Waals surface area contributed by atoms with Crippen molar-refractivity contribution in [2.75, 3.05) is 102 Å². The molecule has 3 atom stereocenters. The van der Waals surface area contributed by atoms with Crippen LogP contribution in [0.5, 0.6) is 0 Å². The Labute approximate surface area is 595 Å². The maximum atomic E-state index is 13.8. The third-order valence-corrected chi connectivity index (χ3v) is 24.9. The van der Waals surface area contributed by atoms with Crippen LogP contribution in [0.3, 0.4) is 0 Å². The van der Waals surface area contributed by atoms with E-state index in [-0.39, 0.29) is 75.2 Å². The molecule has 23 nitrogen and oxygen atoms in total. The number of hydrogen-bond acceptors (Lipinski definition) is 20. The summed E-state index contributed by atoms with van der Waals surface area (Å²) in [6.45, 7) is 5.52. The van der Waals surface area contributed by atoms with E-state index in [0.717, 1.165) is 53.7 Å². The Balaban J connectivity index is 0.000000163. The van der Waals surface area contributed by atoms with Crippen LogP contribution >= 0.6 is 57.2 Å². The van der Waals surface area contributed by atoms with Gasteiger partial charge in [0.2, 0.25) is 22.9 Å². The Bertz CT molecular complexity index is 4820. The molecule has 3 aromatic heterocycles. The average Bonchev–Trinajstić information content (AvgIpc) is 1.58. The van der Waals surface area contributed by atoms with E-state index in [4.69, 9.17) is 23.2 Å². The molecule has 4 fully saturated rings. The van der Waals surface area contributed by atoms with E-state index in [0.29, 0.717) is 106 Å². The number of piperazine rings is 1. The molecule has 15 rings (SSSR count). The van der Waals surface area contributed by atoms with Crippen molar-refractivity contribution in [1.29, 1.82) is 0 Å². The molecule has 3 N–H and O–H groups in total. The number of rotatable bonds is 16. The van der Waals surface area contributed by atoms with Gasteiger partial charge in [-0.1, -0.05) is 34.5 Å². The lowest BCUT2D eigenvalue weighted by atomic mass is 9.99. The highest BCUT2D eigenvalue weighted by Gasteiger charge is 2.42. The molecule has 6 aromatic carbocycles. The highest BCUT2D eigenvalue weighted by molar-refractivity contribution is 7.93. The first-order valence-corrected chi connectivity index (χ1v) is 39.0. The smallest absolute Gasteiger partial charge is 0.263 e. The maximum Gasteiger partial charge on any atom is 0.263 e. The molecule has 34 heteroatoms. The number of hydrogen-bond donors (Lipinski definition) is 3. The lowest BCUT2D eigenvalue weighted by Crippen LogP contribution is -2.52. The second-order valence-corrected chi connectivity index (χ2v) is 32.1. The summed E-state index contributed by atoms with van der Waals surface area (Å²) in [7, 11) is -11.3. The molecule has 0 radical (unpaired) electrons. The molecule has 0 saturated carbocycles. The number of benzene rings is 6. The molecule has 99 heavy (non-hydrogen) atoms. The van der Waals surface area contributed by atoms with E-state index in [1.807, 2.05) is 28.0 Å². The Hall–Kier alpha value is -8.47. The largest absolute Gasteiger partial charge is 0.369 e. The Morgan fingerprint density at radius 3 is 1.44 bits per heavy atom. The van der Waals surface area contributed by atoms with Gasteiger partial charge in [0.05, 0.1) is 25.8 Å². The lowest BCUT2D eigenvalue weighted by Gasteiger charge is -2.38. The summed E-state index contributed by atoms with van der Waals surface area (Å²) in [5, 5.41) is 12.3. The minimum Gasteiger partial charge on any atom is -0.369 e. The van der Waals surface area contributed by atoms with Gasteiger partial charge in [0.25, 0.3) is 30.1 Å². The highest BCUT2D eigenvalue weighted by atomic mass is 35.5. The summed E-state index contributed by atoms with van der Waals surface area (Å²) < 4.78 is 123. The molecule has 0 bridgehead atoms. The van der Waals surface area contributed by atoms with Crippen LogP contribution in [0.25, 0.3) is 0 Å². The zero-order chi connectivity index (χ0) is 69.3. The fourth-order valence-corrected chi connectivity index (χ4v) is 18.8.